The van der Waals surface area contributed by atoms with Gasteiger partial charge in [-0.15, -0.1) is 11.3 Å². The van der Waals surface area contributed by atoms with Gasteiger partial charge in [0.25, 0.3) is 0 Å². The molecule has 4 nitrogen and oxygen atoms in total. The molecule has 0 saturated heterocycles. The average molecular weight is 290 g/mol. The molecule has 0 unspecified atom stereocenters. The lowest BCUT2D eigenvalue weighted by atomic mass is 10.3. The summed E-state index contributed by atoms with van der Waals surface area (Å²) in [6.07, 6.45) is 4.15. The maximum Gasteiger partial charge on any atom is 0.153 e. The quantitative estimate of drug-likeness (QED) is 0.694. The van der Waals surface area contributed by atoms with Crippen LogP contribution in [0, 0.1) is 0 Å². The fourth-order valence-electron chi connectivity index (χ4n) is 1.73. The fraction of sp³-hybridized carbons (Fsp3) is 0. The summed E-state index contributed by atoms with van der Waals surface area (Å²) in [6, 6.07) is 7.29. The number of aldehydes is 1. The molecule has 2 heterocycles. The molecule has 0 saturated carbocycles. The molecule has 0 radical (unpaired) electrons. The van der Waals surface area contributed by atoms with Crippen LogP contribution in [0.4, 0.5) is 0 Å². The van der Waals surface area contributed by atoms with Crippen LogP contribution in [-0.2, 0) is 0 Å². The molecule has 94 valence electrons. The SMILES string of the molecule is O=Cc1cn(-c2cccc(Cl)c2)nc1-c1nccs1. The molecular formula is C13H8ClN3OS. The van der Waals surface area contributed by atoms with E-state index in [9.17, 15) is 4.79 Å². The van der Waals surface area contributed by atoms with Crippen molar-refractivity contribution in [2.45, 2.75) is 0 Å². The minimum atomic E-state index is 0.509. The van der Waals surface area contributed by atoms with E-state index in [0.29, 0.717) is 16.3 Å². The number of thiazole rings is 1. The Labute approximate surface area is 118 Å². The molecule has 0 N–H and O–H groups in total. The summed E-state index contributed by atoms with van der Waals surface area (Å²) in [7, 11) is 0. The zero-order chi connectivity index (χ0) is 13.2. The van der Waals surface area contributed by atoms with E-state index >= 15 is 0 Å². The highest BCUT2D eigenvalue weighted by atomic mass is 35.5. The van der Waals surface area contributed by atoms with Crippen LogP contribution >= 0.6 is 22.9 Å². The van der Waals surface area contributed by atoms with Gasteiger partial charge in [0.15, 0.2) is 6.29 Å². The highest BCUT2D eigenvalue weighted by molar-refractivity contribution is 7.13. The van der Waals surface area contributed by atoms with E-state index < -0.39 is 0 Å². The second-order valence-electron chi connectivity index (χ2n) is 3.81. The lowest BCUT2D eigenvalue weighted by Crippen LogP contribution is -1.94. The van der Waals surface area contributed by atoms with Gasteiger partial charge in [0.2, 0.25) is 0 Å². The van der Waals surface area contributed by atoms with E-state index in [0.717, 1.165) is 17.0 Å². The normalized spacial score (nSPS) is 10.6. The van der Waals surface area contributed by atoms with Crippen molar-refractivity contribution in [2.75, 3.05) is 0 Å². The van der Waals surface area contributed by atoms with Crippen molar-refractivity contribution in [3.8, 4) is 16.4 Å². The fourth-order valence-corrected chi connectivity index (χ4v) is 2.56. The van der Waals surface area contributed by atoms with Crippen molar-refractivity contribution in [1.82, 2.24) is 14.8 Å². The lowest BCUT2D eigenvalue weighted by molar-refractivity contribution is 0.112. The Morgan fingerprint density at radius 2 is 2.26 bits per heavy atom. The van der Waals surface area contributed by atoms with Gasteiger partial charge < -0.3 is 0 Å². The van der Waals surface area contributed by atoms with Crippen molar-refractivity contribution in [1.29, 1.82) is 0 Å². The zero-order valence-electron chi connectivity index (χ0n) is 9.65. The molecule has 0 aliphatic heterocycles. The average Bonchev–Trinajstić information content (AvgIpc) is 3.07. The van der Waals surface area contributed by atoms with Gasteiger partial charge in [-0.3, -0.25) is 4.79 Å². The van der Waals surface area contributed by atoms with Gasteiger partial charge in [-0.25, -0.2) is 9.67 Å². The molecule has 0 atom stereocenters. The Morgan fingerprint density at radius 3 is 2.95 bits per heavy atom. The van der Waals surface area contributed by atoms with Gasteiger partial charge in [0.1, 0.15) is 10.7 Å². The van der Waals surface area contributed by atoms with E-state index in [1.165, 1.54) is 11.3 Å². The predicted molar refractivity (Wildman–Crippen MR) is 75.1 cm³/mol. The van der Waals surface area contributed by atoms with Crippen LogP contribution < -0.4 is 0 Å². The van der Waals surface area contributed by atoms with Gasteiger partial charge in [0.05, 0.1) is 11.3 Å². The highest BCUT2D eigenvalue weighted by Gasteiger charge is 2.13. The first-order valence-electron chi connectivity index (χ1n) is 5.48. The van der Waals surface area contributed by atoms with Crippen molar-refractivity contribution in [3.05, 3.63) is 52.6 Å². The Hall–Kier alpha value is -1.98. The lowest BCUT2D eigenvalue weighted by Gasteiger charge is -2.00. The number of hydrogen-bond donors (Lipinski definition) is 0. The molecule has 3 aromatic rings. The molecule has 0 fully saturated rings. The van der Waals surface area contributed by atoms with Crippen molar-refractivity contribution >= 4 is 29.2 Å². The molecule has 3 rings (SSSR count). The standard InChI is InChI=1S/C13H8ClN3OS/c14-10-2-1-3-11(6-10)17-7-9(8-18)12(16-17)13-15-4-5-19-13/h1-8H. The smallest absolute Gasteiger partial charge is 0.153 e. The zero-order valence-corrected chi connectivity index (χ0v) is 11.2. The van der Waals surface area contributed by atoms with Gasteiger partial charge >= 0.3 is 0 Å². The van der Waals surface area contributed by atoms with Gasteiger partial charge in [-0.05, 0) is 18.2 Å². The molecule has 0 amide bonds. The van der Waals surface area contributed by atoms with E-state index in [4.69, 9.17) is 11.6 Å². The minimum Gasteiger partial charge on any atom is -0.298 e. The van der Waals surface area contributed by atoms with E-state index in [1.54, 1.807) is 29.2 Å². The predicted octanol–water partition coefficient (Wildman–Crippen LogP) is 3.46. The summed E-state index contributed by atoms with van der Waals surface area (Å²) in [5.41, 5.74) is 1.90. The number of halogens is 1. The second kappa shape index (κ2) is 4.95. The number of benzene rings is 1. The largest absolute Gasteiger partial charge is 0.298 e. The maximum atomic E-state index is 11.1. The first-order chi connectivity index (χ1) is 9.28. The molecule has 6 heteroatoms. The number of aromatic nitrogens is 3. The van der Waals surface area contributed by atoms with Crippen LogP contribution in [-0.4, -0.2) is 21.1 Å². The molecular weight excluding hydrogens is 282 g/mol. The summed E-state index contributed by atoms with van der Waals surface area (Å²) in [4.78, 5) is 15.3. The van der Waals surface area contributed by atoms with Crippen LogP contribution in [0.2, 0.25) is 5.02 Å². The van der Waals surface area contributed by atoms with Gasteiger partial charge in [-0.2, -0.15) is 5.10 Å². The monoisotopic (exact) mass is 289 g/mol. The summed E-state index contributed by atoms with van der Waals surface area (Å²) in [5, 5.41) is 7.61. The van der Waals surface area contributed by atoms with Crippen LogP contribution in [0.5, 0.6) is 0 Å². The molecule has 0 aliphatic carbocycles. The van der Waals surface area contributed by atoms with Crippen LogP contribution in [0.25, 0.3) is 16.4 Å². The maximum absolute atomic E-state index is 11.1. The summed E-state index contributed by atoms with van der Waals surface area (Å²) in [5.74, 6) is 0. The van der Waals surface area contributed by atoms with Gasteiger partial charge in [0, 0.05) is 22.8 Å². The Bertz CT molecular complexity index is 721. The highest BCUT2D eigenvalue weighted by Crippen LogP contribution is 2.24. The topological polar surface area (TPSA) is 47.8 Å². The summed E-state index contributed by atoms with van der Waals surface area (Å²) < 4.78 is 1.63. The Morgan fingerprint density at radius 1 is 1.37 bits per heavy atom. The Balaban J connectivity index is 2.12. The van der Waals surface area contributed by atoms with E-state index in [1.807, 2.05) is 17.5 Å². The third-order valence-corrected chi connectivity index (χ3v) is 3.59. The van der Waals surface area contributed by atoms with Crippen molar-refractivity contribution in [2.24, 2.45) is 0 Å². The number of carbonyl (C=O) groups excluding carboxylic acids is 1. The third kappa shape index (κ3) is 2.30. The number of nitrogens with zero attached hydrogens (tertiary/aromatic N) is 3. The van der Waals surface area contributed by atoms with Crippen molar-refractivity contribution < 1.29 is 4.79 Å². The molecule has 0 spiro atoms. The number of rotatable bonds is 3. The molecule has 2 aromatic heterocycles. The summed E-state index contributed by atoms with van der Waals surface area (Å²) in [6.45, 7) is 0. The third-order valence-electron chi connectivity index (χ3n) is 2.58. The molecule has 1 aromatic carbocycles. The molecule has 19 heavy (non-hydrogen) atoms. The first-order valence-corrected chi connectivity index (χ1v) is 6.74. The Kier molecular flexibility index (Phi) is 3.15. The summed E-state index contributed by atoms with van der Waals surface area (Å²) >= 11 is 7.40. The van der Waals surface area contributed by atoms with E-state index in [2.05, 4.69) is 10.1 Å². The van der Waals surface area contributed by atoms with Gasteiger partial charge in [-0.1, -0.05) is 17.7 Å². The number of carbonyl (C=O) groups is 1. The van der Waals surface area contributed by atoms with Crippen LogP contribution in [0.15, 0.2) is 42.0 Å². The molecule has 0 bridgehead atoms. The van der Waals surface area contributed by atoms with Crippen LogP contribution in [0.1, 0.15) is 10.4 Å². The number of hydrogen-bond acceptors (Lipinski definition) is 4. The minimum absolute atomic E-state index is 0.509. The second-order valence-corrected chi connectivity index (χ2v) is 5.14. The van der Waals surface area contributed by atoms with Crippen LogP contribution in [0.3, 0.4) is 0 Å². The van der Waals surface area contributed by atoms with E-state index in [-0.39, 0.29) is 0 Å². The first kappa shape index (κ1) is 12.1. The molecule has 0 aliphatic rings. The van der Waals surface area contributed by atoms with Crippen molar-refractivity contribution in [3.63, 3.8) is 0 Å².